The molecule has 0 aliphatic rings. The summed E-state index contributed by atoms with van der Waals surface area (Å²) in [4.78, 5) is 14.5. The summed E-state index contributed by atoms with van der Waals surface area (Å²) in [6.07, 6.45) is 0. The van der Waals surface area contributed by atoms with Gasteiger partial charge in [0.1, 0.15) is 18.1 Å². The van der Waals surface area contributed by atoms with Crippen molar-refractivity contribution in [2.45, 2.75) is 18.7 Å². The number of nitrogens with one attached hydrogen (secondary N) is 1. The normalized spacial score (nSPS) is 11.0. The van der Waals surface area contributed by atoms with E-state index in [0.717, 1.165) is 11.3 Å². The highest BCUT2D eigenvalue weighted by atomic mass is 32.2. The number of para-hydroxylation sites is 2. The lowest BCUT2D eigenvalue weighted by Crippen LogP contribution is -2.31. The Morgan fingerprint density at radius 2 is 1.70 bits per heavy atom. The number of anilines is 1. The van der Waals surface area contributed by atoms with E-state index in [1.165, 1.54) is 18.1 Å². The van der Waals surface area contributed by atoms with E-state index in [1.807, 2.05) is 31.2 Å². The third-order valence-electron chi connectivity index (χ3n) is 5.14. The summed E-state index contributed by atoms with van der Waals surface area (Å²) in [6, 6.07) is 19.0. The number of sulfonamides is 1. The molecule has 0 radical (unpaired) electrons. The van der Waals surface area contributed by atoms with Crippen molar-refractivity contribution in [1.82, 2.24) is 4.90 Å². The fourth-order valence-corrected chi connectivity index (χ4v) is 4.55. The Morgan fingerprint density at radius 1 is 1.00 bits per heavy atom. The minimum absolute atomic E-state index is 0.0311. The molecule has 3 aromatic carbocycles. The van der Waals surface area contributed by atoms with Crippen molar-refractivity contribution in [2.24, 2.45) is 0 Å². The van der Waals surface area contributed by atoms with Crippen molar-refractivity contribution in [3.63, 3.8) is 0 Å². The summed E-state index contributed by atoms with van der Waals surface area (Å²) >= 11 is 0. The van der Waals surface area contributed by atoms with Crippen LogP contribution in [-0.4, -0.2) is 46.5 Å². The molecule has 0 aromatic heterocycles. The van der Waals surface area contributed by atoms with Gasteiger partial charge in [-0.05, 0) is 55.8 Å². The molecule has 0 aliphatic carbocycles. The molecule has 1 amide bonds. The van der Waals surface area contributed by atoms with Gasteiger partial charge in [0.15, 0.2) is 0 Å². The standard InChI is InChI=1S/C25H28N2O5S/c1-18-9-13-21(14-10-18)32-16-15-27(3)25(28)20-12-11-19(2)24(17-20)33(29,30)26-22-7-5-6-8-23(22)31-4/h5-14,17,26H,15-16H2,1-4H3. The number of ether oxygens (including phenoxy) is 2. The van der Waals surface area contributed by atoms with Crippen LogP contribution in [0.3, 0.4) is 0 Å². The number of hydrogen-bond acceptors (Lipinski definition) is 5. The number of amides is 1. The maximum atomic E-state index is 13.1. The van der Waals surface area contributed by atoms with Crippen LogP contribution >= 0.6 is 0 Å². The first-order valence-corrected chi connectivity index (χ1v) is 11.9. The second-order valence-corrected chi connectivity index (χ2v) is 9.33. The molecule has 0 saturated heterocycles. The molecule has 0 unspecified atom stereocenters. The monoisotopic (exact) mass is 468 g/mol. The molecule has 7 nitrogen and oxygen atoms in total. The number of carbonyl (C=O) groups excluding carboxylic acids is 1. The van der Waals surface area contributed by atoms with Gasteiger partial charge in [0.2, 0.25) is 0 Å². The number of nitrogens with zero attached hydrogens (tertiary/aromatic N) is 1. The van der Waals surface area contributed by atoms with Crippen molar-refractivity contribution < 1.29 is 22.7 Å². The SMILES string of the molecule is COc1ccccc1NS(=O)(=O)c1cc(C(=O)N(C)CCOc2ccc(C)cc2)ccc1C. The molecular formula is C25H28N2O5S. The summed E-state index contributed by atoms with van der Waals surface area (Å²) in [5.41, 5.74) is 2.26. The highest BCUT2D eigenvalue weighted by Crippen LogP contribution is 2.27. The zero-order valence-corrected chi connectivity index (χ0v) is 20.0. The van der Waals surface area contributed by atoms with Crippen LogP contribution < -0.4 is 14.2 Å². The highest BCUT2D eigenvalue weighted by Gasteiger charge is 2.22. The summed E-state index contributed by atoms with van der Waals surface area (Å²) in [6.45, 7) is 4.35. The minimum Gasteiger partial charge on any atom is -0.495 e. The van der Waals surface area contributed by atoms with E-state index in [1.54, 1.807) is 50.4 Å². The Morgan fingerprint density at radius 3 is 2.39 bits per heavy atom. The first-order chi connectivity index (χ1) is 15.7. The van der Waals surface area contributed by atoms with Crippen molar-refractivity contribution >= 4 is 21.6 Å². The van der Waals surface area contributed by atoms with Gasteiger partial charge in [-0.25, -0.2) is 8.42 Å². The van der Waals surface area contributed by atoms with Crippen LogP contribution in [0.15, 0.2) is 71.6 Å². The molecule has 3 rings (SSSR count). The summed E-state index contributed by atoms with van der Waals surface area (Å²) < 4.78 is 39.6. The van der Waals surface area contributed by atoms with Crippen LogP contribution in [-0.2, 0) is 10.0 Å². The second-order valence-electron chi connectivity index (χ2n) is 7.67. The maximum Gasteiger partial charge on any atom is 0.262 e. The molecule has 0 spiro atoms. The largest absolute Gasteiger partial charge is 0.495 e. The van der Waals surface area contributed by atoms with Gasteiger partial charge in [-0.2, -0.15) is 0 Å². The molecule has 0 aliphatic heterocycles. The molecule has 0 atom stereocenters. The molecule has 0 saturated carbocycles. The van der Waals surface area contributed by atoms with Crippen molar-refractivity contribution in [2.75, 3.05) is 32.0 Å². The van der Waals surface area contributed by atoms with Crippen LogP contribution in [0.5, 0.6) is 11.5 Å². The van der Waals surface area contributed by atoms with E-state index < -0.39 is 10.0 Å². The van der Waals surface area contributed by atoms with Gasteiger partial charge in [-0.3, -0.25) is 9.52 Å². The number of hydrogen-bond donors (Lipinski definition) is 1. The van der Waals surface area contributed by atoms with Crippen LogP contribution in [0, 0.1) is 13.8 Å². The van der Waals surface area contributed by atoms with Crippen molar-refractivity contribution in [3.8, 4) is 11.5 Å². The third-order valence-corrected chi connectivity index (χ3v) is 6.65. The van der Waals surface area contributed by atoms with Crippen LogP contribution in [0.4, 0.5) is 5.69 Å². The number of likely N-dealkylation sites (N-methyl/N-ethyl adjacent to an activating group) is 1. The lowest BCUT2D eigenvalue weighted by molar-refractivity contribution is 0.0773. The van der Waals surface area contributed by atoms with E-state index in [9.17, 15) is 13.2 Å². The van der Waals surface area contributed by atoms with Gasteiger partial charge in [0.05, 0.1) is 24.2 Å². The fourth-order valence-electron chi connectivity index (χ4n) is 3.21. The molecule has 0 fully saturated rings. The minimum atomic E-state index is -3.94. The van der Waals surface area contributed by atoms with Gasteiger partial charge < -0.3 is 14.4 Å². The van der Waals surface area contributed by atoms with Crippen LogP contribution in [0.1, 0.15) is 21.5 Å². The average Bonchev–Trinajstić information content (AvgIpc) is 2.80. The number of benzene rings is 3. The Bertz CT molecular complexity index is 1220. The van der Waals surface area contributed by atoms with Crippen LogP contribution in [0.25, 0.3) is 0 Å². The lowest BCUT2D eigenvalue weighted by Gasteiger charge is -2.19. The van der Waals surface area contributed by atoms with Gasteiger partial charge >= 0.3 is 0 Å². The average molecular weight is 469 g/mol. The fraction of sp³-hybridized carbons (Fsp3) is 0.240. The summed E-state index contributed by atoms with van der Waals surface area (Å²) in [5.74, 6) is 0.836. The molecule has 8 heteroatoms. The molecule has 3 aromatic rings. The molecular weight excluding hydrogens is 440 g/mol. The Labute approximate surface area is 195 Å². The quantitative estimate of drug-likeness (QED) is 0.507. The molecule has 174 valence electrons. The van der Waals surface area contributed by atoms with Gasteiger partial charge in [0, 0.05) is 12.6 Å². The van der Waals surface area contributed by atoms with Crippen molar-refractivity contribution in [1.29, 1.82) is 0 Å². The van der Waals surface area contributed by atoms with Gasteiger partial charge in [0.25, 0.3) is 15.9 Å². The smallest absolute Gasteiger partial charge is 0.262 e. The first kappa shape index (κ1) is 24.1. The van der Waals surface area contributed by atoms with E-state index in [4.69, 9.17) is 9.47 Å². The van der Waals surface area contributed by atoms with Crippen molar-refractivity contribution in [3.05, 3.63) is 83.4 Å². The Balaban J connectivity index is 1.72. The third kappa shape index (κ3) is 6.04. The topological polar surface area (TPSA) is 84.9 Å². The molecule has 1 N–H and O–H groups in total. The highest BCUT2D eigenvalue weighted by molar-refractivity contribution is 7.92. The maximum absolute atomic E-state index is 13.1. The van der Waals surface area contributed by atoms with Crippen LogP contribution in [0.2, 0.25) is 0 Å². The summed E-state index contributed by atoms with van der Waals surface area (Å²) in [5, 5.41) is 0. The van der Waals surface area contributed by atoms with E-state index in [2.05, 4.69) is 4.72 Å². The van der Waals surface area contributed by atoms with E-state index >= 15 is 0 Å². The summed E-state index contributed by atoms with van der Waals surface area (Å²) in [7, 11) is -0.817. The Hall–Kier alpha value is -3.52. The number of aryl methyl sites for hydroxylation is 2. The second kappa shape index (κ2) is 10.4. The predicted molar refractivity (Wildman–Crippen MR) is 129 cm³/mol. The zero-order valence-electron chi connectivity index (χ0n) is 19.2. The zero-order chi connectivity index (χ0) is 24.0. The first-order valence-electron chi connectivity index (χ1n) is 10.4. The predicted octanol–water partition coefficient (Wildman–Crippen LogP) is 4.26. The molecule has 0 bridgehead atoms. The molecule has 0 heterocycles. The lowest BCUT2D eigenvalue weighted by atomic mass is 10.1. The number of rotatable bonds is 9. The number of carbonyl (C=O) groups is 1. The Kier molecular flexibility index (Phi) is 7.60. The number of methoxy groups -OCH3 is 1. The van der Waals surface area contributed by atoms with E-state index in [0.29, 0.717) is 30.2 Å². The van der Waals surface area contributed by atoms with Gasteiger partial charge in [-0.15, -0.1) is 0 Å². The molecule has 33 heavy (non-hydrogen) atoms. The van der Waals surface area contributed by atoms with Gasteiger partial charge in [-0.1, -0.05) is 35.9 Å². The van der Waals surface area contributed by atoms with E-state index in [-0.39, 0.29) is 16.4 Å².